The average molecular weight is 276 g/mol. The molecule has 0 spiro atoms. The number of ether oxygens (including phenoxy) is 2. The van der Waals surface area contributed by atoms with Gasteiger partial charge in [-0.25, -0.2) is 0 Å². The van der Waals surface area contributed by atoms with Crippen molar-refractivity contribution in [2.45, 2.75) is 13.3 Å². The van der Waals surface area contributed by atoms with E-state index < -0.39 is 0 Å². The van der Waals surface area contributed by atoms with Gasteiger partial charge in [-0.3, -0.25) is 0 Å². The molecule has 104 valence electrons. The molecule has 0 saturated heterocycles. The number of rotatable bonds is 2. The van der Waals surface area contributed by atoms with Crippen LogP contribution in [0.15, 0.2) is 54.6 Å². The van der Waals surface area contributed by atoms with Gasteiger partial charge in [-0.1, -0.05) is 36.4 Å². The third kappa shape index (κ3) is 1.95. The molecule has 3 aromatic rings. The minimum atomic E-state index is 0.667. The number of benzene rings is 3. The molecular formula is C19H16O2. The van der Waals surface area contributed by atoms with Gasteiger partial charge in [0.05, 0.1) is 6.61 Å². The minimum absolute atomic E-state index is 0.667. The third-order valence-corrected chi connectivity index (χ3v) is 3.93. The summed E-state index contributed by atoms with van der Waals surface area (Å²) in [4.78, 5) is 0. The van der Waals surface area contributed by atoms with Crippen molar-refractivity contribution in [2.24, 2.45) is 0 Å². The highest BCUT2D eigenvalue weighted by Gasteiger charge is 2.20. The van der Waals surface area contributed by atoms with Crippen LogP contribution in [0, 0.1) is 0 Å². The SMILES string of the molecule is CCOc1cccc2ccc3c(c12)Cc1ccccc1O3. The molecule has 0 fully saturated rings. The summed E-state index contributed by atoms with van der Waals surface area (Å²) >= 11 is 0. The highest BCUT2D eigenvalue weighted by atomic mass is 16.5. The molecule has 0 radical (unpaired) electrons. The zero-order chi connectivity index (χ0) is 14.2. The predicted octanol–water partition coefficient (Wildman–Crippen LogP) is 4.94. The van der Waals surface area contributed by atoms with Crippen LogP contribution in [-0.2, 0) is 6.42 Å². The maximum absolute atomic E-state index is 6.06. The first-order chi connectivity index (χ1) is 10.4. The molecule has 0 aliphatic carbocycles. The lowest BCUT2D eigenvalue weighted by molar-refractivity contribution is 0.344. The summed E-state index contributed by atoms with van der Waals surface area (Å²) in [6.07, 6.45) is 0.882. The Balaban J connectivity index is 1.95. The van der Waals surface area contributed by atoms with Crippen molar-refractivity contribution in [2.75, 3.05) is 6.61 Å². The molecule has 1 aliphatic heterocycles. The Bertz CT molecular complexity index is 821. The second-order valence-electron chi connectivity index (χ2n) is 5.22. The molecule has 1 heterocycles. The Labute approximate surface area is 123 Å². The summed E-state index contributed by atoms with van der Waals surface area (Å²) in [5.74, 6) is 2.83. The lowest BCUT2D eigenvalue weighted by Gasteiger charge is -2.22. The number of fused-ring (bicyclic) bond motifs is 4. The Kier molecular flexibility index (Phi) is 2.81. The summed E-state index contributed by atoms with van der Waals surface area (Å²) in [5.41, 5.74) is 2.44. The van der Waals surface area contributed by atoms with Crippen LogP contribution in [0.4, 0.5) is 0 Å². The standard InChI is InChI=1S/C19H16O2/c1-2-20-18-9-5-7-13-10-11-17-15(19(13)18)12-14-6-3-4-8-16(14)21-17/h3-11H,2,12H2,1H3. The summed E-state index contributed by atoms with van der Waals surface area (Å²) < 4.78 is 11.9. The lowest BCUT2D eigenvalue weighted by Crippen LogP contribution is -2.04. The molecule has 0 bridgehead atoms. The molecule has 3 aromatic carbocycles. The quantitative estimate of drug-likeness (QED) is 0.516. The molecular weight excluding hydrogens is 260 g/mol. The van der Waals surface area contributed by atoms with E-state index in [1.165, 1.54) is 21.9 Å². The van der Waals surface area contributed by atoms with E-state index in [9.17, 15) is 0 Å². The van der Waals surface area contributed by atoms with Crippen LogP contribution in [0.5, 0.6) is 17.2 Å². The average Bonchev–Trinajstić information content (AvgIpc) is 2.53. The van der Waals surface area contributed by atoms with Gasteiger partial charge < -0.3 is 9.47 Å². The van der Waals surface area contributed by atoms with Crippen LogP contribution in [0.25, 0.3) is 10.8 Å². The van der Waals surface area contributed by atoms with E-state index in [0.29, 0.717) is 6.61 Å². The lowest BCUT2D eigenvalue weighted by atomic mass is 9.94. The highest BCUT2D eigenvalue weighted by Crippen LogP contribution is 2.42. The second kappa shape index (κ2) is 4.81. The zero-order valence-corrected chi connectivity index (χ0v) is 11.9. The van der Waals surface area contributed by atoms with Crippen molar-refractivity contribution in [1.82, 2.24) is 0 Å². The molecule has 21 heavy (non-hydrogen) atoms. The first-order valence-corrected chi connectivity index (χ1v) is 7.30. The number of hydrogen-bond acceptors (Lipinski definition) is 2. The minimum Gasteiger partial charge on any atom is -0.493 e. The van der Waals surface area contributed by atoms with Gasteiger partial charge in [0.25, 0.3) is 0 Å². The molecule has 0 amide bonds. The fraction of sp³-hybridized carbons (Fsp3) is 0.158. The first-order valence-electron chi connectivity index (χ1n) is 7.30. The van der Waals surface area contributed by atoms with Gasteiger partial charge in [-0.15, -0.1) is 0 Å². The van der Waals surface area contributed by atoms with Crippen LogP contribution in [0.2, 0.25) is 0 Å². The molecule has 0 atom stereocenters. The molecule has 0 unspecified atom stereocenters. The van der Waals surface area contributed by atoms with Gasteiger partial charge in [0, 0.05) is 17.4 Å². The maximum atomic E-state index is 6.06. The second-order valence-corrected chi connectivity index (χ2v) is 5.22. The van der Waals surface area contributed by atoms with Crippen molar-refractivity contribution in [3.63, 3.8) is 0 Å². The summed E-state index contributed by atoms with van der Waals surface area (Å²) in [6, 6.07) is 18.6. The van der Waals surface area contributed by atoms with Gasteiger partial charge in [-0.05, 0) is 36.1 Å². The van der Waals surface area contributed by atoms with Gasteiger partial charge in [0.15, 0.2) is 0 Å². The Morgan fingerprint density at radius 1 is 0.952 bits per heavy atom. The van der Waals surface area contributed by atoms with Crippen LogP contribution in [0.1, 0.15) is 18.1 Å². The van der Waals surface area contributed by atoms with E-state index in [1.807, 2.05) is 31.2 Å². The van der Waals surface area contributed by atoms with Crippen LogP contribution >= 0.6 is 0 Å². The van der Waals surface area contributed by atoms with Gasteiger partial charge in [0.1, 0.15) is 17.2 Å². The van der Waals surface area contributed by atoms with Crippen molar-refractivity contribution in [3.8, 4) is 17.2 Å². The van der Waals surface area contributed by atoms with Crippen molar-refractivity contribution in [1.29, 1.82) is 0 Å². The molecule has 4 rings (SSSR count). The van der Waals surface area contributed by atoms with E-state index in [-0.39, 0.29) is 0 Å². The van der Waals surface area contributed by atoms with E-state index >= 15 is 0 Å². The highest BCUT2D eigenvalue weighted by molar-refractivity contribution is 5.94. The Morgan fingerprint density at radius 2 is 1.86 bits per heavy atom. The van der Waals surface area contributed by atoms with E-state index in [1.54, 1.807) is 0 Å². The molecule has 2 heteroatoms. The molecule has 0 N–H and O–H groups in total. The topological polar surface area (TPSA) is 18.5 Å². The van der Waals surface area contributed by atoms with Crippen LogP contribution in [0.3, 0.4) is 0 Å². The molecule has 0 aromatic heterocycles. The summed E-state index contributed by atoms with van der Waals surface area (Å²) in [5, 5.41) is 2.37. The fourth-order valence-corrected chi connectivity index (χ4v) is 3.00. The van der Waals surface area contributed by atoms with Gasteiger partial charge in [-0.2, -0.15) is 0 Å². The van der Waals surface area contributed by atoms with Crippen molar-refractivity contribution in [3.05, 3.63) is 65.7 Å². The zero-order valence-electron chi connectivity index (χ0n) is 11.9. The monoisotopic (exact) mass is 276 g/mol. The van der Waals surface area contributed by atoms with Crippen molar-refractivity contribution < 1.29 is 9.47 Å². The molecule has 1 aliphatic rings. The van der Waals surface area contributed by atoms with Crippen molar-refractivity contribution >= 4 is 10.8 Å². The largest absolute Gasteiger partial charge is 0.493 e. The summed E-state index contributed by atoms with van der Waals surface area (Å²) in [6.45, 7) is 2.68. The Hall–Kier alpha value is -2.48. The number of para-hydroxylation sites is 1. The fourth-order valence-electron chi connectivity index (χ4n) is 3.00. The van der Waals surface area contributed by atoms with Crippen LogP contribution < -0.4 is 9.47 Å². The van der Waals surface area contributed by atoms with Gasteiger partial charge in [0.2, 0.25) is 0 Å². The predicted molar refractivity (Wildman–Crippen MR) is 84.4 cm³/mol. The number of hydrogen-bond donors (Lipinski definition) is 0. The van der Waals surface area contributed by atoms with E-state index in [0.717, 1.165) is 23.7 Å². The third-order valence-electron chi connectivity index (χ3n) is 3.93. The maximum Gasteiger partial charge on any atom is 0.131 e. The normalized spacial score (nSPS) is 12.4. The van der Waals surface area contributed by atoms with E-state index in [2.05, 4.69) is 30.3 Å². The molecule has 0 saturated carbocycles. The smallest absolute Gasteiger partial charge is 0.131 e. The molecule has 2 nitrogen and oxygen atoms in total. The first kappa shape index (κ1) is 12.3. The van der Waals surface area contributed by atoms with Crippen LogP contribution in [-0.4, -0.2) is 6.61 Å². The van der Waals surface area contributed by atoms with E-state index in [4.69, 9.17) is 9.47 Å². The Morgan fingerprint density at radius 3 is 2.76 bits per heavy atom. The summed E-state index contributed by atoms with van der Waals surface area (Å²) in [7, 11) is 0. The van der Waals surface area contributed by atoms with Gasteiger partial charge >= 0.3 is 0 Å².